The summed E-state index contributed by atoms with van der Waals surface area (Å²) < 4.78 is 62.7. The number of carbonyl (C=O) groups is 2. The van der Waals surface area contributed by atoms with Crippen molar-refractivity contribution in [3.8, 4) is 11.5 Å². The van der Waals surface area contributed by atoms with Gasteiger partial charge < -0.3 is 18.9 Å². The maximum absolute atomic E-state index is 15.0. The van der Waals surface area contributed by atoms with Crippen molar-refractivity contribution >= 4 is 41.0 Å². The van der Waals surface area contributed by atoms with Gasteiger partial charge in [0.1, 0.15) is 18.0 Å². The zero-order valence-corrected chi connectivity index (χ0v) is 29.0. The monoisotopic (exact) mass is 743 g/mol. The first-order chi connectivity index (χ1) is 24.6. The number of anilines is 1. The molecular formula is C37H34Cl2F3N3O6. The van der Waals surface area contributed by atoms with Crippen LogP contribution in [0.15, 0.2) is 79.1 Å². The van der Waals surface area contributed by atoms with E-state index in [1.54, 1.807) is 24.3 Å². The molecule has 2 bridgehead atoms. The molecule has 14 heteroatoms. The summed E-state index contributed by atoms with van der Waals surface area (Å²) in [6.45, 7) is -0.491. The van der Waals surface area contributed by atoms with E-state index in [9.17, 15) is 18.4 Å². The van der Waals surface area contributed by atoms with E-state index in [1.165, 1.54) is 66.9 Å². The van der Waals surface area contributed by atoms with Crippen molar-refractivity contribution in [2.75, 3.05) is 31.6 Å². The largest absolute Gasteiger partial charge is 0.493 e. The lowest BCUT2D eigenvalue weighted by atomic mass is 9.86. The van der Waals surface area contributed by atoms with Crippen LogP contribution in [-0.2, 0) is 22.4 Å². The molecule has 4 heterocycles. The van der Waals surface area contributed by atoms with Crippen molar-refractivity contribution in [2.45, 2.75) is 44.6 Å². The number of fused-ring (bicyclic) bond motifs is 3. The molecule has 1 aromatic heterocycles. The summed E-state index contributed by atoms with van der Waals surface area (Å²) >= 11 is 12.8. The Morgan fingerprint density at radius 2 is 1.69 bits per heavy atom. The molecule has 51 heavy (non-hydrogen) atoms. The Kier molecular flexibility index (Phi) is 11.5. The molecule has 3 aromatic carbocycles. The van der Waals surface area contributed by atoms with Crippen LogP contribution in [0.3, 0.4) is 0 Å². The Balaban J connectivity index is 1.22. The molecule has 3 aliphatic heterocycles. The molecular weight excluding hydrogens is 710 g/mol. The second-order valence-corrected chi connectivity index (χ2v) is 13.1. The number of esters is 1. The predicted molar refractivity (Wildman–Crippen MR) is 184 cm³/mol. The number of pyridine rings is 1. The summed E-state index contributed by atoms with van der Waals surface area (Å²) in [5, 5.41) is 0.480. The first-order valence-electron chi connectivity index (χ1n) is 16.2. The molecule has 3 aliphatic rings. The van der Waals surface area contributed by atoms with Crippen LogP contribution in [0.25, 0.3) is 0 Å². The molecule has 0 saturated carbocycles. The maximum atomic E-state index is 15.0. The van der Waals surface area contributed by atoms with E-state index in [4.69, 9.17) is 37.4 Å². The lowest BCUT2D eigenvalue weighted by Crippen LogP contribution is -2.53. The molecule has 9 nitrogen and oxygen atoms in total. The van der Waals surface area contributed by atoms with Gasteiger partial charge in [-0.3, -0.25) is 14.8 Å². The highest BCUT2D eigenvalue weighted by atomic mass is 35.5. The van der Waals surface area contributed by atoms with Crippen molar-refractivity contribution in [1.29, 1.82) is 0 Å². The van der Waals surface area contributed by atoms with Crippen LogP contribution >= 0.6 is 23.2 Å². The number of para-hydroxylation sites is 1. The summed E-state index contributed by atoms with van der Waals surface area (Å²) in [5.41, 5.74) is 1.69. The fourth-order valence-electron chi connectivity index (χ4n) is 6.41. The summed E-state index contributed by atoms with van der Waals surface area (Å²) in [7, 11) is 1.29. The van der Waals surface area contributed by atoms with E-state index < -0.39 is 30.6 Å². The second kappa shape index (κ2) is 16.2. The van der Waals surface area contributed by atoms with Crippen molar-refractivity contribution < 1.29 is 41.7 Å². The molecule has 3 saturated heterocycles. The fraction of sp³-hybridized carbons (Fsp3) is 0.324. The lowest BCUT2D eigenvalue weighted by molar-refractivity contribution is -0.0512. The standard InChI is InChI=1S/C37H34Cl2F3N3O6/c1-48-33-16-25(10-11-31(33)50-36(41)42)32(17-26-27(38)18-43-19-28(26)39)49-35(46)24-8-6-22(7-9-24)20-45(30-5-3-2-4-29(30)40)37(47)51-34-21-44-14-12-23(34)13-15-44/h2-11,16,18-19,23,32,34,36H,12-15,17,20-21H2,1H3/t32-,34-/m0/s1. The first kappa shape index (κ1) is 36.3. The SMILES string of the molecule is COc1cc([C@H](Cc2c(Cl)cncc2Cl)OC(=O)c2ccc(CN(C(=O)O[C@H]3CN4CCC3CC4)c3ccccc3F)cc2)ccc1OC(F)F. The number of benzene rings is 3. The fourth-order valence-corrected chi connectivity index (χ4v) is 6.92. The van der Waals surface area contributed by atoms with Crippen LogP contribution < -0.4 is 14.4 Å². The third-order valence-corrected chi connectivity index (χ3v) is 9.76. The van der Waals surface area contributed by atoms with Crippen LogP contribution in [0.2, 0.25) is 10.0 Å². The van der Waals surface area contributed by atoms with Crippen molar-refractivity contribution in [3.05, 3.63) is 117 Å². The zero-order chi connectivity index (χ0) is 36.1. The summed E-state index contributed by atoms with van der Waals surface area (Å²) in [6, 6.07) is 16.5. The number of alkyl halides is 2. The molecule has 0 N–H and O–H groups in total. The third-order valence-electron chi connectivity index (χ3n) is 9.11. The normalized spacial score (nSPS) is 18.6. The number of aromatic nitrogens is 1. The molecule has 0 unspecified atom stereocenters. The number of halogens is 5. The zero-order valence-electron chi connectivity index (χ0n) is 27.4. The molecule has 0 spiro atoms. The third kappa shape index (κ3) is 8.69. The summed E-state index contributed by atoms with van der Waals surface area (Å²) in [5.74, 6) is -1.22. The number of carbonyl (C=O) groups excluding carboxylic acids is 2. The Labute approximate surface area is 302 Å². The van der Waals surface area contributed by atoms with Gasteiger partial charge in [0.15, 0.2) is 11.5 Å². The number of amides is 1. The van der Waals surface area contributed by atoms with Gasteiger partial charge in [0.25, 0.3) is 0 Å². The van der Waals surface area contributed by atoms with E-state index >= 15 is 4.39 Å². The molecule has 0 aliphatic carbocycles. The van der Waals surface area contributed by atoms with Crippen LogP contribution in [0, 0.1) is 11.7 Å². The van der Waals surface area contributed by atoms with Crippen LogP contribution in [0.1, 0.15) is 46.0 Å². The van der Waals surface area contributed by atoms with Gasteiger partial charge in [-0.1, -0.05) is 53.5 Å². The number of hydrogen-bond acceptors (Lipinski definition) is 8. The summed E-state index contributed by atoms with van der Waals surface area (Å²) in [6.07, 6.45) is 2.79. The summed E-state index contributed by atoms with van der Waals surface area (Å²) in [4.78, 5) is 34.6. The average molecular weight is 745 g/mol. The van der Waals surface area contributed by atoms with Gasteiger partial charge in [0.05, 0.1) is 35.0 Å². The predicted octanol–water partition coefficient (Wildman–Crippen LogP) is 8.52. The average Bonchev–Trinajstić information content (AvgIpc) is 3.12. The molecule has 3 fully saturated rings. The van der Waals surface area contributed by atoms with Crippen LogP contribution in [0.4, 0.5) is 23.7 Å². The molecule has 2 atom stereocenters. The number of piperidine rings is 3. The Bertz CT molecular complexity index is 1840. The maximum Gasteiger partial charge on any atom is 0.415 e. The number of ether oxygens (including phenoxy) is 4. The van der Waals surface area contributed by atoms with E-state index in [2.05, 4.69) is 14.6 Å². The number of hydrogen-bond donors (Lipinski definition) is 0. The number of nitrogens with zero attached hydrogens (tertiary/aromatic N) is 3. The number of rotatable bonds is 12. The van der Waals surface area contributed by atoms with E-state index in [-0.39, 0.29) is 57.8 Å². The van der Waals surface area contributed by atoms with E-state index in [0.717, 1.165) is 25.9 Å². The van der Waals surface area contributed by atoms with Gasteiger partial charge in [-0.15, -0.1) is 0 Å². The van der Waals surface area contributed by atoms with Gasteiger partial charge in [0.2, 0.25) is 0 Å². The van der Waals surface area contributed by atoms with Gasteiger partial charge in [-0.05, 0) is 84.9 Å². The highest BCUT2D eigenvalue weighted by Gasteiger charge is 2.38. The molecule has 4 aromatic rings. The van der Waals surface area contributed by atoms with Crippen molar-refractivity contribution in [2.24, 2.45) is 5.92 Å². The van der Waals surface area contributed by atoms with Crippen molar-refractivity contribution in [3.63, 3.8) is 0 Å². The molecule has 268 valence electrons. The van der Waals surface area contributed by atoms with Gasteiger partial charge >= 0.3 is 18.7 Å². The molecule has 7 rings (SSSR count). The quantitative estimate of drug-likeness (QED) is 0.134. The highest BCUT2D eigenvalue weighted by Crippen LogP contribution is 2.37. The Morgan fingerprint density at radius 1 is 0.980 bits per heavy atom. The van der Waals surface area contributed by atoms with E-state index in [0.29, 0.717) is 23.2 Å². The Morgan fingerprint density at radius 3 is 2.31 bits per heavy atom. The van der Waals surface area contributed by atoms with E-state index in [1.807, 2.05) is 0 Å². The van der Waals surface area contributed by atoms with Crippen molar-refractivity contribution in [1.82, 2.24) is 9.88 Å². The molecule has 0 radical (unpaired) electrons. The topological polar surface area (TPSA) is 90.4 Å². The highest BCUT2D eigenvalue weighted by molar-refractivity contribution is 6.35. The van der Waals surface area contributed by atoms with Gasteiger partial charge in [-0.25, -0.2) is 14.0 Å². The minimum Gasteiger partial charge on any atom is -0.493 e. The second-order valence-electron chi connectivity index (χ2n) is 12.3. The lowest BCUT2D eigenvalue weighted by Gasteiger charge is -2.44. The smallest absolute Gasteiger partial charge is 0.415 e. The minimum absolute atomic E-state index is 0.00319. The first-order valence-corrected chi connectivity index (χ1v) is 17.0. The minimum atomic E-state index is -3.08. The van der Waals surface area contributed by atoms with Crippen LogP contribution in [0.5, 0.6) is 11.5 Å². The van der Waals surface area contributed by atoms with Crippen LogP contribution in [-0.4, -0.2) is 61.4 Å². The number of methoxy groups -OCH3 is 1. The molecule has 1 amide bonds. The van der Waals surface area contributed by atoms with Gasteiger partial charge in [0, 0.05) is 25.4 Å². The van der Waals surface area contributed by atoms with Gasteiger partial charge in [-0.2, -0.15) is 8.78 Å². The Hall–Kier alpha value is -4.52.